The van der Waals surface area contributed by atoms with E-state index in [1.807, 2.05) is 12.1 Å². The third kappa shape index (κ3) is 5.74. The Morgan fingerprint density at radius 2 is 1.82 bits per heavy atom. The molecule has 4 rings (SSSR count). The average molecular weight is 571 g/mol. The standard InChI is InChI=1S/C26H29N5O8P/c1-15(32)36-22-20(12-35-40(34)39-18-8-6-17(7-9-18)25(3,4)5)38-26(13-27,23(22)37-16(2)33)21-11-10-19-24(28)29-14-30-31(19)21/h6-11,14,20,22-23H,12H2,1-5H3,(H2,28,29,30)/q+1/t20-,22-,23-,26+/m1/s1. The van der Waals surface area contributed by atoms with Crippen molar-refractivity contribution in [3.63, 3.8) is 0 Å². The molecular formula is C26H29N5O8P+. The highest BCUT2D eigenvalue weighted by Crippen LogP contribution is 2.44. The number of carbonyl (C=O) groups excluding carboxylic acids is 2. The fraction of sp³-hybridized carbons (Fsp3) is 0.423. The van der Waals surface area contributed by atoms with E-state index in [4.69, 9.17) is 29.0 Å². The molecule has 2 N–H and O–H groups in total. The van der Waals surface area contributed by atoms with Crippen molar-refractivity contribution >= 4 is 31.5 Å². The van der Waals surface area contributed by atoms with Crippen molar-refractivity contribution in [1.82, 2.24) is 14.6 Å². The number of fused-ring (bicyclic) bond motifs is 1. The maximum Gasteiger partial charge on any atom is 0.750 e. The molecule has 5 atom stereocenters. The Labute approximate surface area is 231 Å². The molecule has 0 bridgehead atoms. The smallest absolute Gasteiger partial charge is 0.456 e. The monoisotopic (exact) mass is 570 g/mol. The van der Waals surface area contributed by atoms with Gasteiger partial charge in [-0.3, -0.25) is 9.59 Å². The van der Waals surface area contributed by atoms with Gasteiger partial charge >= 0.3 is 20.2 Å². The fourth-order valence-corrected chi connectivity index (χ4v) is 5.05. The average Bonchev–Trinajstić information content (AvgIpc) is 3.43. The lowest BCUT2D eigenvalue weighted by atomic mass is 9.87. The molecule has 1 unspecified atom stereocenters. The number of carbonyl (C=O) groups is 2. The van der Waals surface area contributed by atoms with Crippen LogP contribution >= 0.6 is 8.25 Å². The van der Waals surface area contributed by atoms with Gasteiger partial charge in [0.05, 0.1) is 5.69 Å². The SMILES string of the molecule is CC(=O)O[C@H]1[C@@H](OC(C)=O)[C@](C#N)(c2ccc3c(N)ncnn23)O[C@@H]1CO[P+](=O)Oc1ccc(C(C)(C)C)cc1. The Hall–Kier alpha value is -4.11. The number of anilines is 1. The van der Waals surface area contributed by atoms with Gasteiger partial charge in [0.1, 0.15) is 30.6 Å². The van der Waals surface area contributed by atoms with Crippen molar-refractivity contribution in [3.8, 4) is 11.8 Å². The third-order valence-electron chi connectivity index (χ3n) is 6.27. The van der Waals surface area contributed by atoms with Crippen molar-refractivity contribution in [2.24, 2.45) is 0 Å². The van der Waals surface area contributed by atoms with Crippen LogP contribution in [0.1, 0.15) is 45.9 Å². The lowest BCUT2D eigenvalue weighted by Gasteiger charge is -2.28. The molecule has 1 aliphatic rings. The lowest BCUT2D eigenvalue weighted by Crippen LogP contribution is -2.45. The molecular weight excluding hydrogens is 541 g/mol. The van der Waals surface area contributed by atoms with Gasteiger partial charge < -0.3 is 19.9 Å². The highest BCUT2D eigenvalue weighted by Gasteiger charge is 2.62. The molecule has 40 heavy (non-hydrogen) atoms. The second kappa shape index (κ2) is 11.2. The van der Waals surface area contributed by atoms with Crippen LogP contribution in [0.2, 0.25) is 0 Å². The van der Waals surface area contributed by atoms with Crippen LogP contribution in [-0.2, 0) is 43.9 Å². The molecule has 0 radical (unpaired) electrons. The van der Waals surface area contributed by atoms with Gasteiger partial charge in [-0.15, -0.1) is 4.52 Å². The molecule has 14 heteroatoms. The van der Waals surface area contributed by atoms with E-state index < -0.39 is 50.7 Å². The number of nitrogen functional groups attached to an aromatic ring is 1. The van der Waals surface area contributed by atoms with Crippen molar-refractivity contribution in [3.05, 3.63) is 54.0 Å². The number of ether oxygens (including phenoxy) is 3. The molecule has 0 aliphatic carbocycles. The Bertz CT molecular complexity index is 1480. The number of aromatic nitrogens is 3. The van der Waals surface area contributed by atoms with E-state index in [-0.39, 0.29) is 16.9 Å². The quantitative estimate of drug-likeness (QED) is 0.309. The first kappa shape index (κ1) is 28.9. The molecule has 2 aromatic heterocycles. The van der Waals surface area contributed by atoms with Crippen LogP contribution in [0, 0.1) is 11.3 Å². The summed E-state index contributed by atoms with van der Waals surface area (Å²) < 4.78 is 41.9. The zero-order valence-corrected chi connectivity index (χ0v) is 23.5. The number of esters is 2. The summed E-state index contributed by atoms with van der Waals surface area (Å²) in [5.41, 5.74) is 5.44. The van der Waals surface area contributed by atoms with E-state index >= 15 is 0 Å². The van der Waals surface area contributed by atoms with Crippen LogP contribution in [-0.4, -0.2) is 51.5 Å². The van der Waals surface area contributed by atoms with Crippen molar-refractivity contribution < 1.29 is 37.4 Å². The summed E-state index contributed by atoms with van der Waals surface area (Å²) in [6.45, 7) is 8.06. The second-order valence-electron chi connectivity index (χ2n) is 10.2. The van der Waals surface area contributed by atoms with Gasteiger partial charge in [-0.05, 0) is 35.2 Å². The lowest BCUT2D eigenvalue weighted by molar-refractivity contribution is -0.166. The van der Waals surface area contributed by atoms with Gasteiger partial charge in [-0.1, -0.05) is 32.9 Å². The molecule has 1 aromatic carbocycles. The molecule has 0 amide bonds. The summed E-state index contributed by atoms with van der Waals surface area (Å²) in [5, 5.41) is 14.6. The van der Waals surface area contributed by atoms with Crippen LogP contribution in [0.5, 0.6) is 5.75 Å². The fourth-order valence-electron chi connectivity index (χ4n) is 4.44. The van der Waals surface area contributed by atoms with Crippen LogP contribution in [0.15, 0.2) is 42.7 Å². The van der Waals surface area contributed by atoms with Crippen LogP contribution in [0.3, 0.4) is 0 Å². The highest BCUT2D eigenvalue weighted by molar-refractivity contribution is 7.33. The van der Waals surface area contributed by atoms with E-state index in [9.17, 15) is 19.4 Å². The molecule has 210 valence electrons. The van der Waals surface area contributed by atoms with Crippen LogP contribution in [0.25, 0.3) is 5.52 Å². The number of hydrogen-bond acceptors (Lipinski definition) is 12. The highest BCUT2D eigenvalue weighted by atomic mass is 31.1. The first-order chi connectivity index (χ1) is 18.9. The minimum absolute atomic E-state index is 0.0719. The summed E-state index contributed by atoms with van der Waals surface area (Å²) in [4.78, 5) is 28.1. The normalized spacial score (nSPS) is 22.9. The molecule has 3 aromatic rings. The topological polar surface area (TPSA) is 177 Å². The largest absolute Gasteiger partial charge is 0.750 e. The molecule has 3 heterocycles. The van der Waals surface area contributed by atoms with Crippen molar-refractivity contribution in [1.29, 1.82) is 5.26 Å². The number of nitrogens with zero attached hydrogens (tertiary/aromatic N) is 4. The molecule has 1 fully saturated rings. The summed E-state index contributed by atoms with van der Waals surface area (Å²) in [6.07, 6.45) is -2.75. The Balaban J connectivity index is 1.62. The van der Waals surface area contributed by atoms with E-state index in [0.717, 1.165) is 19.4 Å². The Morgan fingerprint density at radius 1 is 1.15 bits per heavy atom. The maximum absolute atomic E-state index is 12.7. The Kier molecular flexibility index (Phi) is 8.07. The first-order valence-corrected chi connectivity index (χ1v) is 13.4. The van der Waals surface area contributed by atoms with Crippen LogP contribution in [0.4, 0.5) is 5.82 Å². The summed E-state index contributed by atoms with van der Waals surface area (Å²) in [7, 11) is -2.70. The van der Waals surface area contributed by atoms with E-state index in [0.29, 0.717) is 11.3 Å². The van der Waals surface area contributed by atoms with Gasteiger partial charge in [0.2, 0.25) is 5.60 Å². The van der Waals surface area contributed by atoms with Gasteiger partial charge in [0.15, 0.2) is 23.8 Å². The second-order valence-corrected chi connectivity index (χ2v) is 11.0. The minimum atomic E-state index is -2.70. The minimum Gasteiger partial charge on any atom is -0.456 e. The Morgan fingerprint density at radius 3 is 2.42 bits per heavy atom. The van der Waals surface area contributed by atoms with Gasteiger partial charge in [-0.2, -0.15) is 10.4 Å². The zero-order chi connectivity index (χ0) is 29.2. The molecule has 1 aliphatic heterocycles. The number of benzene rings is 1. The van der Waals surface area contributed by atoms with E-state index in [1.54, 1.807) is 18.2 Å². The van der Waals surface area contributed by atoms with Crippen molar-refractivity contribution in [2.45, 2.75) is 63.9 Å². The van der Waals surface area contributed by atoms with E-state index in [2.05, 4.69) is 36.9 Å². The summed E-state index contributed by atoms with van der Waals surface area (Å²) in [5.74, 6) is -1.03. The van der Waals surface area contributed by atoms with Gasteiger partial charge in [0, 0.05) is 18.4 Å². The number of nitrogens with two attached hydrogens (primary N) is 1. The maximum atomic E-state index is 12.7. The predicted molar refractivity (Wildman–Crippen MR) is 140 cm³/mol. The number of nitriles is 1. The molecule has 1 saturated heterocycles. The first-order valence-electron chi connectivity index (χ1n) is 12.3. The van der Waals surface area contributed by atoms with Crippen LogP contribution < -0.4 is 10.3 Å². The molecule has 13 nitrogen and oxygen atoms in total. The number of rotatable bonds is 8. The predicted octanol–water partition coefficient (Wildman–Crippen LogP) is 3.34. The molecule has 0 spiro atoms. The third-order valence-corrected chi connectivity index (χ3v) is 6.99. The van der Waals surface area contributed by atoms with E-state index in [1.165, 1.54) is 16.9 Å². The van der Waals surface area contributed by atoms with Crippen molar-refractivity contribution in [2.75, 3.05) is 12.3 Å². The summed E-state index contributed by atoms with van der Waals surface area (Å²) >= 11 is 0. The zero-order valence-electron chi connectivity index (χ0n) is 22.6. The summed E-state index contributed by atoms with van der Waals surface area (Å²) in [6, 6.07) is 12.2. The number of hydrogen-bond donors (Lipinski definition) is 1. The molecule has 0 saturated carbocycles. The van der Waals surface area contributed by atoms with Gasteiger partial charge in [-0.25, -0.2) is 14.0 Å². The van der Waals surface area contributed by atoms with Gasteiger partial charge in [0.25, 0.3) is 0 Å².